The van der Waals surface area contributed by atoms with Gasteiger partial charge in [-0.3, -0.25) is 9.97 Å². The number of hydrogen-bond acceptors (Lipinski definition) is 4. The largest absolute Gasteiger partial charge is 0.352 e. The Morgan fingerprint density at radius 2 is 1.69 bits per heavy atom. The number of pyridine rings is 3. The number of thiocarbonyl (C=S) groups is 1. The zero-order chi connectivity index (χ0) is 22.1. The Labute approximate surface area is 193 Å². The summed E-state index contributed by atoms with van der Waals surface area (Å²) in [5.41, 5.74) is 5.63. The van der Waals surface area contributed by atoms with Gasteiger partial charge in [0.2, 0.25) is 0 Å². The van der Waals surface area contributed by atoms with Crippen molar-refractivity contribution < 1.29 is 0 Å². The topological polar surface area (TPSA) is 58.9 Å². The molecule has 1 N–H and O–H groups in total. The summed E-state index contributed by atoms with van der Waals surface area (Å²) >= 11 is 5.82. The van der Waals surface area contributed by atoms with Gasteiger partial charge in [0.05, 0.1) is 17.8 Å². The molecule has 1 fully saturated rings. The average molecular weight is 441 g/mol. The Kier molecular flexibility index (Phi) is 5.41. The molecular formula is C25H24N6S. The van der Waals surface area contributed by atoms with Crippen molar-refractivity contribution in [1.82, 2.24) is 29.7 Å². The number of rotatable bonds is 5. The van der Waals surface area contributed by atoms with Crippen LogP contribution in [0, 0.1) is 13.8 Å². The Hall–Kier alpha value is -3.58. The predicted molar refractivity (Wildman–Crippen MR) is 128 cm³/mol. The molecule has 32 heavy (non-hydrogen) atoms. The van der Waals surface area contributed by atoms with E-state index in [1.54, 1.807) is 0 Å². The summed E-state index contributed by atoms with van der Waals surface area (Å²) in [6, 6.07) is 18.3. The molecule has 0 aromatic carbocycles. The molecule has 0 bridgehead atoms. The lowest BCUT2D eigenvalue weighted by Gasteiger charge is -2.28. The van der Waals surface area contributed by atoms with Crippen molar-refractivity contribution >= 4 is 17.3 Å². The third-order valence-corrected chi connectivity index (χ3v) is 6.32. The molecule has 6 nitrogen and oxygen atoms in total. The first-order valence-electron chi connectivity index (χ1n) is 10.6. The molecule has 2 atom stereocenters. The maximum Gasteiger partial charge on any atom is 0.170 e. The van der Waals surface area contributed by atoms with Crippen LogP contribution < -0.4 is 5.32 Å². The SMILES string of the molecule is Cc1cc([C@H]2[C@@H](c3ccccn3)NC(=S)N2Cc2ccncc2)c(C)n1-c1ccccn1. The fraction of sp³-hybridized carbons (Fsp3) is 0.200. The van der Waals surface area contributed by atoms with Gasteiger partial charge >= 0.3 is 0 Å². The minimum absolute atomic E-state index is 0.00534. The molecule has 4 aromatic rings. The molecule has 160 valence electrons. The third kappa shape index (κ3) is 3.65. The van der Waals surface area contributed by atoms with E-state index in [0.717, 1.165) is 33.6 Å². The van der Waals surface area contributed by atoms with Crippen LogP contribution in [0.3, 0.4) is 0 Å². The molecule has 1 saturated heterocycles. The molecule has 0 amide bonds. The van der Waals surface area contributed by atoms with Gasteiger partial charge < -0.3 is 14.8 Å². The van der Waals surface area contributed by atoms with Crippen LogP contribution in [0.25, 0.3) is 5.82 Å². The van der Waals surface area contributed by atoms with E-state index in [1.807, 2.05) is 67.3 Å². The highest BCUT2D eigenvalue weighted by atomic mass is 32.1. The summed E-state index contributed by atoms with van der Waals surface area (Å²) < 4.78 is 2.21. The van der Waals surface area contributed by atoms with Gasteiger partial charge in [-0.1, -0.05) is 12.1 Å². The van der Waals surface area contributed by atoms with E-state index in [9.17, 15) is 0 Å². The summed E-state index contributed by atoms with van der Waals surface area (Å²) in [6.07, 6.45) is 7.30. The molecule has 1 aliphatic rings. The minimum Gasteiger partial charge on any atom is -0.352 e. The highest BCUT2D eigenvalue weighted by molar-refractivity contribution is 7.80. The van der Waals surface area contributed by atoms with Gasteiger partial charge in [0.25, 0.3) is 0 Å². The monoisotopic (exact) mass is 440 g/mol. The second kappa shape index (κ2) is 8.51. The zero-order valence-electron chi connectivity index (χ0n) is 18.0. The molecule has 0 spiro atoms. The van der Waals surface area contributed by atoms with E-state index in [-0.39, 0.29) is 12.1 Å². The average Bonchev–Trinajstić information content (AvgIpc) is 3.30. The Balaban J connectivity index is 1.62. The normalized spacial score (nSPS) is 18.1. The predicted octanol–water partition coefficient (Wildman–Crippen LogP) is 4.45. The van der Waals surface area contributed by atoms with Crippen molar-refractivity contribution in [2.45, 2.75) is 32.5 Å². The molecule has 5 heterocycles. The van der Waals surface area contributed by atoms with Crippen molar-refractivity contribution in [2.75, 3.05) is 0 Å². The smallest absolute Gasteiger partial charge is 0.170 e. The van der Waals surface area contributed by atoms with E-state index in [1.165, 1.54) is 5.56 Å². The van der Waals surface area contributed by atoms with Crippen LogP contribution >= 0.6 is 12.2 Å². The highest BCUT2D eigenvalue weighted by Gasteiger charge is 2.41. The van der Waals surface area contributed by atoms with Crippen molar-refractivity contribution in [3.63, 3.8) is 0 Å². The molecule has 5 rings (SSSR count). The molecule has 0 unspecified atom stereocenters. The van der Waals surface area contributed by atoms with Crippen molar-refractivity contribution in [3.05, 3.63) is 108 Å². The quantitative estimate of drug-likeness (QED) is 0.463. The summed E-state index contributed by atoms with van der Waals surface area (Å²) in [7, 11) is 0. The lowest BCUT2D eigenvalue weighted by molar-refractivity contribution is 0.310. The lowest BCUT2D eigenvalue weighted by atomic mass is 9.96. The first kappa shape index (κ1) is 20.3. The molecule has 0 radical (unpaired) electrons. The van der Waals surface area contributed by atoms with E-state index in [4.69, 9.17) is 12.2 Å². The van der Waals surface area contributed by atoms with Crippen molar-refractivity contribution in [3.8, 4) is 5.82 Å². The van der Waals surface area contributed by atoms with Gasteiger partial charge in [-0.15, -0.1) is 0 Å². The fourth-order valence-corrected chi connectivity index (χ4v) is 4.83. The molecule has 1 aliphatic heterocycles. The van der Waals surface area contributed by atoms with Crippen molar-refractivity contribution in [1.29, 1.82) is 0 Å². The zero-order valence-corrected chi connectivity index (χ0v) is 18.8. The second-order valence-electron chi connectivity index (χ2n) is 7.96. The van der Waals surface area contributed by atoms with Crippen LogP contribution in [0.1, 0.15) is 40.3 Å². The molecule has 4 aromatic heterocycles. The fourth-order valence-electron chi connectivity index (χ4n) is 4.52. The number of aromatic nitrogens is 4. The van der Waals surface area contributed by atoms with Crippen LogP contribution in [-0.2, 0) is 6.54 Å². The first-order chi connectivity index (χ1) is 15.6. The standard InChI is InChI=1S/C25H24N6S/c1-17-15-20(18(2)31(17)22-8-4-6-12-28-22)24-23(21-7-3-5-11-27-21)29-25(32)30(24)16-19-9-13-26-14-10-19/h3-15,23-24H,16H2,1-2H3,(H,29,32)/t23-,24+/m1/s1. The van der Waals surface area contributed by atoms with Gasteiger partial charge in [0.15, 0.2) is 5.11 Å². The first-order valence-corrected chi connectivity index (χ1v) is 11.0. The van der Waals surface area contributed by atoms with Crippen LogP contribution in [0.15, 0.2) is 79.4 Å². The molecular weight excluding hydrogens is 416 g/mol. The second-order valence-corrected chi connectivity index (χ2v) is 8.35. The summed E-state index contributed by atoms with van der Waals surface area (Å²) in [5, 5.41) is 4.27. The maximum atomic E-state index is 5.82. The van der Waals surface area contributed by atoms with Gasteiger partial charge in [-0.25, -0.2) is 4.98 Å². The third-order valence-electron chi connectivity index (χ3n) is 5.97. The van der Waals surface area contributed by atoms with Gasteiger partial charge in [0.1, 0.15) is 5.82 Å². The Morgan fingerprint density at radius 3 is 2.38 bits per heavy atom. The van der Waals surface area contributed by atoms with E-state index in [2.05, 4.69) is 55.7 Å². The van der Waals surface area contributed by atoms with Gasteiger partial charge in [-0.2, -0.15) is 0 Å². The van der Waals surface area contributed by atoms with E-state index >= 15 is 0 Å². The summed E-state index contributed by atoms with van der Waals surface area (Å²) in [5.74, 6) is 0.914. The number of nitrogens with zero attached hydrogens (tertiary/aromatic N) is 5. The molecule has 0 saturated carbocycles. The molecule has 0 aliphatic carbocycles. The van der Waals surface area contributed by atoms with Crippen LogP contribution in [0.4, 0.5) is 0 Å². The molecule has 7 heteroatoms. The minimum atomic E-state index is -0.0526. The van der Waals surface area contributed by atoms with Crippen LogP contribution in [-0.4, -0.2) is 29.5 Å². The van der Waals surface area contributed by atoms with Crippen molar-refractivity contribution in [2.24, 2.45) is 0 Å². The lowest BCUT2D eigenvalue weighted by Crippen LogP contribution is -2.29. The van der Waals surface area contributed by atoms with E-state index < -0.39 is 0 Å². The van der Waals surface area contributed by atoms with Crippen LogP contribution in [0.2, 0.25) is 0 Å². The van der Waals surface area contributed by atoms with Crippen LogP contribution in [0.5, 0.6) is 0 Å². The number of nitrogens with one attached hydrogen (secondary N) is 1. The maximum absolute atomic E-state index is 5.82. The summed E-state index contributed by atoms with van der Waals surface area (Å²) in [6.45, 7) is 4.96. The van der Waals surface area contributed by atoms with E-state index in [0.29, 0.717) is 6.54 Å². The summed E-state index contributed by atoms with van der Waals surface area (Å²) in [4.78, 5) is 15.6. The van der Waals surface area contributed by atoms with Gasteiger partial charge in [0, 0.05) is 42.7 Å². The number of hydrogen-bond donors (Lipinski definition) is 1. The highest BCUT2D eigenvalue weighted by Crippen LogP contribution is 2.41. The number of aryl methyl sites for hydroxylation is 1. The Bertz CT molecular complexity index is 1220. The van der Waals surface area contributed by atoms with Gasteiger partial charge in [-0.05, 0) is 79.7 Å². The Morgan fingerprint density at radius 1 is 0.938 bits per heavy atom.